The van der Waals surface area contributed by atoms with Gasteiger partial charge in [-0.3, -0.25) is 9.69 Å². The van der Waals surface area contributed by atoms with Gasteiger partial charge in [0.05, 0.1) is 23.8 Å². The quantitative estimate of drug-likeness (QED) is 0.398. The van der Waals surface area contributed by atoms with E-state index in [0.29, 0.717) is 41.7 Å². The predicted octanol–water partition coefficient (Wildman–Crippen LogP) is 5.09. The summed E-state index contributed by atoms with van der Waals surface area (Å²) in [7, 11) is 1.33. The van der Waals surface area contributed by atoms with Crippen LogP contribution in [-0.2, 0) is 17.8 Å². The molecule has 0 aliphatic carbocycles. The number of allylic oxidation sites excluding steroid dienone is 1. The molecule has 2 aliphatic rings. The molecule has 0 saturated heterocycles. The average molecular weight is 462 g/mol. The van der Waals surface area contributed by atoms with Crippen LogP contribution in [0.25, 0.3) is 6.08 Å². The molecule has 0 saturated carbocycles. The molecule has 0 radical (unpaired) electrons. The number of hydrogen-bond acceptors (Lipinski definition) is 6. The lowest BCUT2D eigenvalue weighted by atomic mass is 10.0. The van der Waals surface area contributed by atoms with Gasteiger partial charge in [0.1, 0.15) is 18.2 Å². The Morgan fingerprint density at radius 2 is 1.85 bits per heavy atom. The smallest absolute Gasteiger partial charge is 0.337 e. The van der Waals surface area contributed by atoms with Crippen molar-refractivity contribution in [2.75, 3.05) is 13.8 Å². The lowest BCUT2D eigenvalue weighted by molar-refractivity contribution is 0.0600. The van der Waals surface area contributed by atoms with Crippen molar-refractivity contribution in [1.82, 2.24) is 4.90 Å². The zero-order chi connectivity index (χ0) is 22.9. The Kier molecular flexibility index (Phi) is 5.62. The molecule has 0 spiro atoms. The highest BCUT2D eigenvalue weighted by atomic mass is 35.5. The molecule has 7 heteroatoms. The van der Waals surface area contributed by atoms with Crippen LogP contribution in [0.3, 0.4) is 0 Å². The van der Waals surface area contributed by atoms with Crippen LogP contribution < -0.4 is 9.47 Å². The van der Waals surface area contributed by atoms with Gasteiger partial charge in [0.2, 0.25) is 5.78 Å². The minimum atomic E-state index is -0.412. The molecule has 0 fully saturated rings. The second-order valence-electron chi connectivity index (χ2n) is 7.86. The third kappa shape index (κ3) is 4.23. The number of carbonyl (C=O) groups excluding carboxylic acids is 2. The van der Waals surface area contributed by atoms with E-state index in [1.54, 1.807) is 36.4 Å². The summed E-state index contributed by atoms with van der Waals surface area (Å²) >= 11 is 5.99. The van der Waals surface area contributed by atoms with E-state index in [1.807, 2.05) is 30.3 Å². The molecule has 0 amide bonds. The van der Waals surface area contributed by atoms with E-state index >= 15 is 0 Å². The largest absolute Gasteiger partial charge is 0.478 e. The summed E-state index contributed by atoms with van der Waals surface area (Å²) in [5.41, 5.74) is 3.67. The van der Waals surface area contributed by atoms with E-state index in [4.69, 9.17) is 25.8 Å². The summed E-state index contributed by atoms with van der Waals surface area (Å²) in [6, 6.07) is 18.0. The van der Waals surface area contributed by atoms with Crippen LogP contribution in [0, 0.1) is 0 Å². The number of esters is 1. The zero-order valence-corrected chi connectivity index (χ0v) is 18.6. The van der Waals surface area contributed by atoms with Gasteiger partial charge in [0, 0.05) is 18.1 Å². The maximum Gasteiger partial charge on any atom is 0.337 e. The van der Waals surface area contributed by atoms with Crippen LogP contribution in [0.2, 0.25) is 5.02 Å². The van der Waals surface area contributed by atoms with Gasteiger partial charge in [-0.1, -0.05) is 35.9 Å². The fourth-order valence-electron chi connectivity index (χ4n) is 3.94. The first-order valence-electron chi connectivity index (χ1n) is 10.4. The van der Waals surface area contributed by atoms with Gasteiger partial charge < -0.3 is 14.2 Å². The third-order valence-electron chi connectivity index (χ3n) is 5.63. The number of benzene rings is 3. The monoisotopic (exact) mass is 461 g/mol. The Balaban J connectivity index is 1.38. The molecule has 3 aromatic rings. The standard InChI is InChI=1S/C26H20ClNO5/c1-31-26(30)18-6-2-16(3-7-18)12-23-24(29)20-10-11-22-21(25(20)33-23)14-28(15-32-22)13-17-4-8-19(27)9-5-17/h2-12H,13-15H2,1H3/b23-12-. The number of methoxy groups -OCH3 is 1. The molecule has 6 nitrogen and oxygen atoms in total. The second-order valence-corrected chi connectivity index (χ2v) is 8.30. The van der Waals surface area contributed by atoms with E-state index in [9.17, 15) is 9.59 Å². The van der Waals surface area contributed by atoms with Crippen LogP contribution in [0.15, 0.2) is 66.4 Å². The first kappa shape index (κ1) is 21.2. The number of carbonyl (C=O) groups is 2. The van der Waals surface area contributed by atoms with Gasteiger partial charge in [-0.15, -0.1) is 0 Å². The lowest BCUT2D eigenvalue weighted by Crippen LogP contribution is -2.31. The summed E-state index contributed by atoms with van der Waals surface area (Å²) in [5, 5.41) is 0.697. The van der Waals surface area contributed by atoms with Crippen LogP contribution in [0.5, 0.6) is 11.5 Å². The number of hydrogen-bond donors (Lipinski definition) is 0. The minimum absolute atomic E-state index is 0.181. The fourth-order valence-corrected chi connectivity index (χ4v) is 4.06. The molecule has 2 aliphatic heterocycles. The summed E-state index contributed by atoms with van der Waals surface area (Å²) in [6.07, 6.45) is 1.67. The molecule has 5 rings (SSSR count). The van der Waals surface area contributed by atoms with Crippen LogP contribution >= 0.6 is 11.6 Å². The van der Waals surface area contributed by atoms with Crippen molar-refractivity contribution < 1.29 is 23.8 Å². The molecule has 0 unspecified atom stereocenters. The summed E-state index contributed by atoms with van der Waals surface area (Å²) in [4.78, 5) is 26.7. The lowest BCUT2D eigenvalue weighted by Gasteiger charge is -2.29. The Hall–Kier alpha value is -3.61. The summed E-state index contributed by atoms with van der Waals surface area (Å²) in [6.45, 7) is 1.72. The SMILES string of the molecule is COC(=O)c1ccc(/C=C2\Oc3c(ccc4c3CN(Cc3ccc(Cl)cc3)CO4)C2=O)cc1. The Bertz CT molecular complexity index is 1270. The van der Waals surface area contributed by atoms with E-state index in [-0.39, 0.29) is 11.5 Å². The molecule has 0 bridgehead atoms. The molecule has 33 heavy (non-hydrogen) atoms. The van der Waals surface area contributed by atoms with Crippen molar-refractivity contribution in [3.63, 3.8) is 0 Å². The highest BCUT2D eigenvalue weighted by molar-refractivity contribution is 6.30. The van der Waals surface area contributed by atoms with Crippen molar-refractivity contribution in [3.8, 4) is 11.5 Å². The van der Waals surface area contributed by atoms with Crippen LogP contribution in [-0.4, -0.2) is 30.5 Å². The first-order valence-corrected chi connectivity index (χ1v) is 10.8. The topological polar surface area (TPSA) is 65.1 Å². The number of halogens is 1. The van der Waals surface area contributed by atoms with Gasteiger partial charge in [-0.2, -0.15) is 0 Å². The van der Waals surface area contributed by atoms with Crippen LogP contribution in [0.1, 0.15) is 37.4 Å². The number of nitrogens with zero attached hydrogens (tertiary/aromatic N) is 1. The molecule has 0 aromatic heterocycles. The van der Waals surface area contributed by atoms with Gasteiger partial charge in [0.25, 0.3) is 0 Å². The normalized spacial score (nSPS) is 16.1. The van der Waals surface area contributed by atoms with Crippen molar-refractivity contribution in [2.24, 2.45) is 0 Å². The maximum atomic E-state index is 13.0. The first-order chi connectivity index (χ1) is 16.0. The highest BCUT2D eigenvalue weighted by Crippen LogP contribution is 2.42. The number of ketones is 1. The van der Waals surface area contributed by atoms with E-state index in [1.165, 1.54) is 7.11 Å². The average Bonchev–Trinajstić information content (AvgIpc) is 3.16. The van der Waals surface area contributed by atoms with Gasteiger partial charge in [0.15, 0.2) is 5.76 Å². The molecule has 0 atom stereocenters. The number of ether oxygens (including phenoxy) is 3. The summed E-state index contributed by atoms with van der Waals surface area (Å²) < 4.78 is 16.7. The Labute approximate surface area is 195 Å². The van der Waals surface area contributed by atoms with Crippen molar-refractivity contribution in [2.45, 2.75) is 13.1 Å². The van der Waals surface area contributed by atoms with Gasteiger partial charge in [-0.05, 0) is 53.6 Å². The molecule has 0 N–H and O–H groups in total. The van der Waals surface area contributed by atoms with Crippen molar-refractivity contribution in [3.05, 3.63) is 99.3 Å². The third-order valence-corrected chi connectivity index (χ3v) is 5.88. The molecular weight excluding hydrogens is 442 g/mol. The van der Waals surface area contributed by atoms with Gasteiger partial charge in [-0.25, -0.2) is 4.79 Å². The number of Topliss-reactive ketones (excluding diaryl/α,β-unsaturated/α-hetero) is 1. The summed E-state index contributed by atoms with van der Waals surface area (Å²) in [5.74, 6) is 0.900. The van der Waals surface area contributed by atoms with Gasteiger partial charge >= 0.3 is 5.97 Å². The molecule has 2 heterocycles. The Morgan fingerprint density at radius 1 is 1.09 bits per heavy atom. The zero-order valence-electron chi connectivity index (χ0n) is 17.8. The van der Waals surface area contributed by atoms with E-state index in [0.717, 1.165) is 22.4 Å². The number of fused-ring (bicyclic) bond motifs is 3. The van der Waals surface area contributed by atoms with Crippen molar-refractivity contribution in [1.29, 1.82) is 0 Å². The maximum absolute atomic E-state index is 13.0. The predicted molar refractivity (Wildman–Crippen MR) is 123 cm³/mol. The van der Waals surface area contributed by atoms with Crippen LogP contribution in [0.4, 0.5) is 0 Å². The van der Waals surface area contributed by atoms with E-state index in [2.05, 4.69) is 4.90 Å². The Morgan fingerprint density at radius 3 is 2.58 bits per heavy atom. The second kappa shape index (κ2) is 8.73. The molecule has 3 aromatic carbocycles. The number of rotatable bonds is 4. The van der Waals surface area contributed by atoms with E-state index < -0.39 is 5.97 Å². The highest BCUT2D eigenvalue weighted by Gasteiger charge is 2.33. The molecule has 166 valence electrons. The molecular formula is C26H20ClNO5. The van der Waals surface area contributed by atoms with Crippen molar-refractivity contribution >= 4 is 29.4 Å². The fraction of sp³-hybridized carbons (Fsp3) is 0.154. The minimum Gasteiger partial charge on any atom is -0.478 e.